The van der Waals surface area contributed by atoms with Gasteiger partial charge in [-0.3, -0.25) is 0 Å². The first-order valence-electron chi connectivity index (χ1n) is 6.44. The molecule has 0 saturated heterocycles. The first-order chi connectivity index (χ1) is 10.0. The van der Waals surface area contributed by atoms with Crippen LogP contribution in [0, 0.1) is 5.82 Å². The lowest BCUT2D eigenvalue weighted by Gasteiger charge is -2.12. The number of aliphatic hydroxyl groups is 1. The maximum absolute atomic E-state index is 13.8. The molecule has 2 aromatic rings. The fraction of sp³-hybridized carbons (Fsp3) is 0.250. The van der Waals surface area contributed by atoms with E-state index in [0.29, 0.717) is 16.5 Å². The fourth-order valence-corrected chi connectivity index (χ4v) is 2.15. The Labute approximate surface area is 127 Å². The molecule has 2 rings (SSSR count). The average Bonchev–Trinajstić information content (AvgIpc) is 2.45. The molecular weight excluding hydrogens is 295 g/mol. The standard InChI is InChI=1S/C16H16ClFO3/c1-10(19)14-5-4-13(8-15(14)18)21-9-11-7-12(17)3-6-16(11)20-2/h3-8,10,19H,9H2,1-2H3/t10-/m0/s1. The zero-order chi connectivity index (χ0) is 15.4. The summed E-state index contributed by atoms with van der Waals surface area (Å²) in [5.74, 6) is 0.528. The summed E-state index contributed by atoms with van der Waals surface area (Å²) in [7, 11) is 1.56. The number of hydrogen-bond donors (Lipinski definition) is 1. The Morgan fingerprint density at radius 3 is 2.62 bits per heavy atom. The summed E-state index contributed by atoms with van der Waals surface area (Å²) in [5, 5.41) is 9.96. The van der Waals surface area contributed by atoms with Crippen molar-refractivity contribution in [3.63, 3.8) is 0 Å². The largest absolute Gasteiger partial charge is 0.496 e. The van der Waals surface area contributed by atoms with Gasteiger partial charge in [-0.15, -0.1) is 0 Å². The molecule has 2 aromatic carbocycles. The molecule has 3 nitrogen and oxygen atoms in total. The highest BCUT2D eigenvalue weighted by Crippen LogP contribution is 2.26. The van der Waals surface area contributed by atoms with Gasteiger partial charge in [-0.25, -0.2) is 4.39 Å². The molecule has 112 valence electrons. The second-order valence-electron chi connectivity index (χ2n) is 4.60. The third-order valence-electron chi connectivity index (χ3n) is 3.06. The Bertz CT molecular complexity index is 629. The van der Waals surface area contributed by atoms with Crippen molar-refractivity contribution in [3.8, 4) is 11.5 Å². The van der Waals surface area contributed by atoms with Crippen LogP contribution in [0.2, 0.25) is 5.02 Å². The monoisotopic (exact) mass is 310 g/mol. The van der Waals surface area contributed by atoms with Crippen molar-refractivity contribution in [2.24, 2.45) is 0 Å². The number of aliphatic hydroxyl groups excluding tert-OH is 1. The van der Waals surface area contributed by atoms with E-state index in [0.717, 1.165) is 5.56 Å². The van der Waals surface area contributed by atoms with E-state index in [4.69, 9.17) is 21.1 Å². The van der Waals surface area contributed by atoms with Crippen LogP contribution in [0.5, 0.6) is 11.5 Å². The van der Waals surface area contributed by atoms with E-state index >= 15 is 0 Å². The second kappa shape index (κ2) is 6.78. The lowest BCUT2D eigenvalue weighted by molar-refractivity contribution is 0.194. The molecule has 0 fully saturated rings. The Balaban J connectivity index is 2.13. The Hall–Kier alpha value is -1.78. The summed E-state index contributed by atoms with van der Waals surface area (Å²) in [6.45, 7) is 1.72. The average molecular weight is 311 g/mol. The van der Waals surface area contributed by atoms with Crippen LogP contribution >= 0.6 is 11.6 Å². The Morgan fingerprint density at radius 2 is 2.00 bits per heavy atom. The number of rotatable bonds is 5. The minimum Gasteiger partial charge on any atom is -0.496 e. The lowest BCUT2D eigenvalue weighted by atomic mass is 10.1. The van der Waals surface area contributed by atoms with Gasteiger partial charge < -0.3 is 14.6 Å². The molecular formula is C16H16ClFO3. The van der Waals surface area contributed by atoms with Gasteiger partial charge >= 0.3 is 0 Å². The van der Waals surface area contributed by atoms with Crippen molar-refractivity contribution in [1.29, 1.82) is 0 Å². The SMILES string of the molecule is COc1ccc(Cl)cc1COc1ccc([C@H](C)O)c(F)c1. The van der Waals surface area contributed by atoms with E-state index in [1.165, 1.54) is 19.1 Å². The summed E-state index contributed by atoms with van der Waals surface area (Å²) in [5.41, 5.74) is 1.01. The van der Waals surface area contributed by atoms with Crippen molar-refractivity contribution in [2.45, 2.75) is 19.6 Å². The van der Waals surface area contributed by atoms with Crippen molar-refractivity contribution in [1.82, 2.24) is 0 Å². The second-order valence-corrected chi connectivity index (χ2v) is 5.04. The lowest BCUT2D eigenvalue weighted by Crippen LogP contribution is -2.01. The van der Waals surface area contributed by atoms with Crippen LogP contribution < -0.4 is 9.47 Å². The highest BCUT2D eigenvalue weighted by Gasteiger charge is 2.10. The van der Waals surface area contributed by atoms with Gasteiger partial charge in [0.1, 0.15) is 23.9 Å². The molecule has 0 amide bonds. The topological polar surface area (TPSA) is 38.7 Å². The normalized spacial score (nSPS) is 12.0. The fourth-order valence-electron chi connectivity index (χ4n) is 1.96. The Kier molecular flexibility index (Phi) is 5.04. The first-order valence-corrected chi connectivity index (χ1v) is 6.81. The van der Waals surface area contributed by atoms with Crippen LogP contribution in [0.4, 0.5) is 4.39 Å². The van der Waals surface area contributed by atoms with Gasteiger partial charge in [-0.1, -0.05) is 11.6 Å². The predicted octanol–water partition coefficient (Wildman–Crippen LogP) is 4.12. The summed E-state index contributed by atoms with van der Waals surface area (Å²) < 4.78 is 24.5. The number of ether oxygens (including phenoxy) is 2. The molecule has 5 heteroatoms. The van der Waals surface area contributed by atoms with Gasteiger partial charge in [-0.05, 0) is 37.3 Å². The van der Waals surface area contributed by atoms with E-state index in [1.54, 1.807) is 31.4 Å². The molecule has 0 aliphatic rings. The van der Waals surface area contributed by atoms with Crippen molar-refractivity contribution >= 4 is 11.6 Å². The molecule has 0 saturated carbocycles. The summed E-state index contributed by atoms with van der Waals surface area (Å²) in [6, 6.07) is 9.58. The van der Waals surface area contributed by atoms with Crippen LogP contribution in [0.1, 0.15) is 24.2 Å². The van der Waals surface area contributed by atoms with Gasteiger partial charge in [0.2, 0.25) is 0 Å². The molecule has 0 heterocycles. The zero-order valence-electron chi connectivity index (χ0n) is 11.8. The number of methoxy groups -OCH3 is 1. The maximum Gasteiger partial charge on any atom is 0.132 e. The molecule has 21 heavy (non-hydrogen) atoms. The summed E-state index contributed by atoms with van der Waals surface area (Å²) >= 11 is 5.94. The molecule has 0 aliphatic heterocycles. The van der Waals surface area contributed by atoms with Crippen LogP contribution in [0.15, 0.2) is 36.4 Å². The third kappa shape index (κ3) is 3.86. The number of benzene rings is 2. The van der Waals surface area contributed by atoms with E-state index < -0.39 is 11.9 Å². The smallest absolute Gasteiger partial charge is 0.132 e. The molecule has 0 bridgehead atoms. The molecule has 1 N–H and O–H groups in total. The highest BCUT2D eigenvalue weighted by atomic mass is 35.5. The molecule has 0 unspecified atom stereocenters. The number of hydrogen-bond acceptors (Lipinski definition) is 3. The first kappa shape index (κ1) is 15.6. The predicted molar refractivity (Wildman–Crippen MR) is 79.4 cm³/mol. The molecule has 1 atom stereocenters. The van der Waals surface area contributed by atoms with E-state index in [2.05, 4.69) is 0 Å². The maximum atomic E-state index is 13.8. The molecule has 0 aromatic heterocycles. The van der Waals surface area contributed by atoms with Crippen LogP contribution in [0.3, 0.4) is 0 Å². The zero-order valence-corrected chi connectivity index (χ0v) is 12.5. The minimum atomic E-state index is -0.855. The van der Waals surface area contributed by atoms with Gasteiger partial charge in [0, 0.05) is 22.2 Å². The van der Waals surface area contributed by atoms with E-state index in [-0.39, 0.29) is 12.2 Å². The third-order valence-corrected chi connectivity index (χ3v) is 3.29. The van der Waals surface area contributed by atoms with Crippen molar-refractivity contribution in [2.75, 3.05) is 7.11 Å². The molecule has 0 radical (unpaired) electrons. The van der Waals surface area contributed by atoms with E-state index in [9.17, 15) is 9.50 Å². The van der Waals surface area contributed by atoms with E-state index in [1.807, 2.05) is 0 Å². The van der Waals surface area contributed by atoms with Crippen LogP contribution in [-0.2, 0) is 6.61 Å². The van der Waals surface area contributed by atoms with Gasteiger partial charge in [0.15, 0.2) is 0 Å². The van der Waals surface area contributed by atoms with Crippen molar-refractivity contribution < 1.29 is 19.0 Å². The summed E-state index contributed by atoms with van der Waals surface area (Å²) in [4.78, 5) is 0. The molecule has 0 spiro atoms. The quantitative estimate of drug-likeness (QED) is 0.903. The minimum absolute atomic E-state index is 0.206. The number of halogens is 2. The Morgan fingerprint density at radius 1 is 1.24 bits per heavy atom. The highest BCUT2D eigenvalue weighted by molar-refractivity contribution is 6.30. The van der Waals surface area contributed by atoms with Gasteiger partial charge in [0.05, 0.1) is 13.2 Å². The molecule has 0 aliphatic carbocycles. The van der Waals surface area contributed by atoms with Gasteiger partial charge in [0.25, 0.3) is 0 Å². The van der Waals surface area contributed by atoms with Crippen LogP contribution in [-0.4, -0.2) is 12.2 Å². The van der Waals surface area contributed by atoms with Crippen molar-refractivity contribution in [3.05, 3.63) is 58.4 Å². The summed E-state index contributed by atoms with van der Waals surface area (Å²) in [6.07, 6.45) is -0.855. The van der Waals surface area contributed by atoms with Crippen LogP contribution in [0.25, 0.3) is 0 Å². The van der Waals surface area contributed by atoms with Gasteiger partial charge in [-0.2, -0.15) is 0 Å².